The Labute approximate surface area is 139 Å². The average Bonchev–Trinajstić information content (AvgIpc) is 2.57. The second kappa shape index (κ2) is 8.57. The summed E-state index contributed by atoms with van der Waals surface area (Å²) < 4.78 is 2.01. The van der Waals surface area contributed by atoms with Gasteiger partial charge in [0.1, 0.15) is 6.54 Å². The second-order valence-electron chi connectivity index (χ2n) is 5.32. The molecular formula is C18H19N2O4+. The summed E-state index contributed by atoms with van der Waals surface area (Å²) in [4.78, 5) is 21.2. The highest BCUT2D eigenvalue weighted by Crippen LogP contribution is 2.19. The van der Waals surface area contributed by atoms with Crippen molar-refractivity contribution in [3.8, 4) is 0 Å². The van der Waals surface area contributed by atoms with Gasteiger partial charge in [-0.05, 0) is 24.6 Å². The van der Waals surface area contributed by atoms with E-state index in [1.165, 1.54) is 6.07 Å². The van der Waals surface area contributed by atoms with Gasteiger partial charge in [-0.15, -0.1) is 0 Å². The summed E-state index contributed by atoms with van der Waals surface area (Å²) in [6, 6.07) is 12.3. The van der Waals surface area contributed by atoms with Crippen LogP contribution in [0.1, 0.15) is 30.5 Å². The number of aliphatic carboxylic acids is 1. The van der Waals surface area contributed by atoms with E-state index in [2.05, 4.69) is 0 Å². The van der Waals surface area contributed by atoms with Crippen molar-refractivity contribution in [2.24, 2.45) is 0 Å². The number of para-hydroxylation sites is 1. The van der Waals surface area contributed by atoms with Crippen molar-refractivity contribution in [2.75, 3.05) is 0 Å². The Morgan fingerprint density at radius 1 is 1.12 bits per heavy atom. The van der Waals surface area contributed by atoms with Crippen LogP contribution in [-0.4, -0.2) is 16.0 Å². The van der Waals surface area contributed by atoms with E-state index >= 15 is 0 Å². The first-order valence-corrected chi connectivity index (χ1v) is 7.69. The summed E-state index contributed by atoms with van der Waals surface area (Å²) in [6.45, 7) is 0.699. The van der Waals surface area contributed by atoms with Crippen molar-refractivity contribution >= 4 is 23.8 Å². The fourth-order valence-corrected chi connectivity index (χ4v) is 2.37. The zero-order valence-corrected chi connectivity index (χ0v) is 13.2. The zero-order chi connectivity index (χ0) is 17.4. The van der Waals surface area contributed by atoms with E-state index in [0.29, 0.717) is 18.5 Å². The predicted molar refractivity (Wildman–Crippen MR) is 90.1 cm³/mol. The number of carboxylic acids is 1. The summed E-state index contributed by atoms with van der Waals surface area (Å²) in [6.07, 6.45) is 7.01. The summed E-state index contributed by atoms with van der Waals surface area (Å²) in [5.41, 5.74) is 1.52. The molecule has 0 aliphatic carbocycles. The van der Waals surface area contributed by atoms with Crippen molar-refractivity contribution in [1.82, 2.24) is 0 Å². The molecule has 0 atom stereocenters. The maximum Gasteiger partial charge on any atom is 0.303 e. The van der Waals surface area contributed by atoms with Crippen LogP contribution in [0.5, 0.6) is 0 Å². The molecule has 24 heavy (non-hydrogen) atoms. The van der Waals surface area contributed by atoms with Gasteiger partial charge >= 0.3 is 5.97 Å². The quantitative estimate of drug-likeness (QED) is 0.349. The number of nitro benzene ring substituents is 1. The molecule has 1 N–H and O–H groups in total. The molecule has 1 aromatic heterocycles. The van der Waals surface area contributed by atoms with Crippen LogP contribution in [0.25, 0.3) is 12.2 Å². The molecule has 0 saturated carbocycles. The van der Waals surface area contributed by atoms with Gasteiger partial charge in [0.2, 0.25) is 5.69 Å². The maximum atomic E-state index is 11.0. The molecule has 1 heterocycles. The standard InChI is InChI=1S/C18H18N2O4/c21-18(22)10-4-6-14-19-13-5-3-8-16(19)12-11-15-7-1-2-9-17(15)20(23)24/h1-3,5,7-9,11-13H,4,6,10,14H2/p+1/b12-11+. The third-order valence-corrected chi connectivity index (χ3v) is 3.58. The highest BCUT2D eigenvalue weighted by atomic mass is 16.6. The topological polar surface area (TPSA) is 84.3 Å². The van der Waals surface area contributed by atoms with E-state index in [9.17, 15) is 14.9 Å². The maximum absolute atomic E-state index is 11.0. The minimum atomic E-state index is -0.787. The molecule has 0 bridgehead atoms. The van der Waals surface area contributed by atoms with Crippen molar-refractivity contribution in [3.63, 3.8) is 0 Å². The van der Waals surface area contributed by atoms with Crippen LogP contribution in [0, 0.1) is 10.1 Å². The third-order valence-electron chi connectivity index (χ3n) is 3.58. The Morgan fingerprint density at radius 2 is 1.88 bits per heavy atom. The van der Waals surface area contributed by atoms with Crippen LogP contribution in [0.15, 0.2) is 48.7 Å². The van der Waals surface area contributed by atoms with Gasteiger partial charge in [-0.2, -0.15) is 4.57 Å². The van der Waals surface area contributed by atoms with E-state index < -0.39 is 10.9 Å². The summed E-state index contributed by atoms with van der Waals surface area (Å²) in [5, 5.41) is 19.7. The number of hydrogen-bond acceptors (Lipinski definition) is 3. The molecule has 0 amide bonds. The van der Waals surface area contributed by atoms with Crippen molar-refractivity contribution < 1.29 is 19.4 Å². The Morgan fingerprint density at radius 3 is 2.62 bits per heavy atom. The number of unbranched alkanes of at least 4 members (excludes halogenated alkanes) is 1. The van der Waals surface area contributed by atoms with E-state index in [0.717, 1.165) is 12.1 Å². The molecule has 124 valence electrons. The Bertz CT molecular complexity index is 756. The fourth-order valence-electron chi connectivity index (χ4n) is 2.37. The van der Waals surface area contributed by atoms with Crippen LogP contribution in [0.4, 0.5) is 5.69 Å². The molecular weight excluding hydrogens is 308 g/mol. The predicted octanol–water partition coefficient (Wildman–Crippen LogP) is 3.31. The monoisotopic (exact) mass is 327 g/mol. The lowest BCUT2D eigenvalue weighted by Gasteiger charge is -2.01. The van der Waals surface area contributed by atoms with Crippen LogP contribution < -0.4 is 4.57 Å². The molecule has 1 aromatic carbocycles. The molecule has 0 aliphatic rings. The summed E-state index contributed by atoms with van der Waals surface area (Å²) in [7, 11) is 0. The number of pyridine rings is 1. The van der Waals surface area contributed by atoms with Gasteiger partial charge in [0.05, 0.1) is 10.5 Å². The molecule has 0 saturated heterocycles. The number of nitrogens with zero attached hydrogens (tertiary/aromatic N) is 2. The van der Waals surface area contributed by atoms with Crippen molar-refractivity contribution in [2.45, 2.75) is 25.8 Å². The minimum absolute atomic E-state index is 0.0673. The number of aryl methyl sites for hydroxylation is 1. The lowest BCUT2D eigenvalue weighted by molar-refractivity contribution is -0.699. The van der Waals surface area contributed by atoms with Gasteiger partial charge in [-0.3, -0.25) is 14.9 Å². The molecule has 0 fully saturated rings. The number of rotatable bonds is 8. The van der Waals surface area contributed by atoms with Crippen molar-refractivity contribution in [1.29, 1.82) is 0 Å². The van der Waals surface area contributed by atoms with Crippen LogP contribution in [-0.2, 0) is 11.3 Å². The number of carbonyl (C=O) groups is 1. The number of hydrogen-bond donors (Lipinski definition) is 1. The van der Waals surface area contributed by atoms with Crippen LogP contribution >= 0.6 is 0 Å². The highest BCUT2D eigenvalue weighted by Gasteiger charge is 2.11. The Balaban J connectivity index is 2.12. The first-order chi connectivity index (χ1) is 11.6. The van der Waals surface area contributed by atoms with E-state index in [4.69, 9.17) is 5.11 Å². The van der Waals surface area contributed by atoms with Crippen LogP contribution in [0.3, 0.4) is 0 Å². The van der Waals surface area contributed by atoms with Gasteiger partial charge in [0, 0.05) is 37.1 Å². The first-order valence-electron chi connectivity index (χ1n) is 7.69. The molecule has 2 rings (SSSR count). The van der Waals surface area contributed by atoms with E-state index in [-0.39, 0.29) is 12.1 Å². The van der Waals surface area contributed by atoms with Gasteiger partial charge in [0.15, 0.2) is 6.20 Å². The first kappa shape index (κ1) is 17.3. The van der Waals surface area contributed by atoms with Crippen LogP contribution in [0.2, 0.25) is 0 Å². The third kappa shape index (κ3) is 5.01. The van der Waals surface area contributed by atoms with Crippen molar-refractivity contribution in [3.05, 3.63) is 70.0 Å². The number of carboxylic acid groups (broad SMARTS) is 1. The molecule has 0 radical (unpaired) electrons. The largest absolute Gasteiger partial charge is 0.481 e. The summed E-state index contributed by atoms with van der Waals surface area (Å²) >= 11 is 0. The number of nitro groups is 1. The Hall–Kier alpha value is -3.02. The van der Waals surface area contributed by atoms with Gasteiger partial charge < -0.3 is 5.11 Å². The second-order valence-corrected chi connectivity index (χ2v) is 5.32. The van der Waals surface area contributed by atoms with Gasteiger partial charge in [-0.25, -0.2) is 0 Å². The number of aromatic nitrogens is 1. The number of benzene rings is 1. The lowest BCUT2D eigenvalue weighted by Crippen LogP contribution is -2.36. The minimum Gasteiger partial charge on any atom is -0.481 e. The highest BCUT2D eigenvalue weighted by molar-refractivity contribution is 5.72. The SMILES string of the molecule is O=C(O)CCCC[n+]1ccccc1/C=C/c1ccccc1[N+](=O)[O-]. The van der Waals surface area contributed by atoms with Gasteiger partial charge in [0.25, 0.3) is 5.69 Å². The molecule has 0 aliphatic heterocycles. The fraction of sp³-hybridized carbons (Fsp3) is 0.222. The lowest BCUT2D eigenvalue weighted by atomic mass is 10.1. The Kier molecular flexibility index (Phi) is 6.19. The smallest absolute Gasteiger partial charge is 0.303 e. The average molecular weight is 327 g/mol. The van der Waals surface area contributed by atoms with E-state index in [1.807, 2.05) is 35.0 Å². The molecule has 0 spiro atoms. The molecule has 6 heteroatoms. The molecule has 6 nitrogen and oxygen atoms in total. The normalized spacial score (nSPS) is 10.8. The zero-order valence-electron chi connectivity index (χ0n) is 13.2. The molecule has 0 unspecified atom stereocenters. The molecule has 2 aromatic rings. The summed E-state index contributed by atoms with van der Waals surface area (Å²) in [5.74, 6) is -0.787. The van der Waals surface area contributed by atoms with E-state index in [1.54, 1.807) is 24.3 Å². The van der Waals surface area contributed by atoms with Gasteiger partial charge in [-0.1, -0.05) is 12.1 Å².